The van der Waals surface area contributed by atoms with Crippen LogP contribution in [-0.4, -0.2) is 17.6 Å². The Labute approximate surface area is 270 Å². The molecule has 0 spiro atoms. The number of allylic oxidation sites excluding steroid dienone is 1. The molecule has 5 rings (SSSR count). The third-order valence-electron chi connectivity index (χ3n) is 6.67. The first-order valence-corrected chi connectivity index (χ1v) is 15.0. The Morgan fingerprint density at radius 3 is 2.07 bits per heavy atom. The average Bonchev–Trinajstić information content (AvgIpc) is 3.07. The van der Waals surface area contributed by atoms with Crippen LogP contribution in [0.4, 0.5) is 5.69 Å². The first-order valence-electron chi connectivity index (χ1n) is 14.2. The number of rotatable bonds is 11. The molecule has 0 unspecified atom stereocenters. The molecule has 0 heterocycles. The SMILES string of the molecule is O=C(Nc1ccc(C(=O)/C=C/c2cccc(Br)c2)cc1)/C(=C/c1ccc(OCc2ccccc2)cc1)NC(=O)c1ccccc1. The van der Waals surface area contributed by atoms with Crippen LogP contribution in [0.15, 0.2) is 150 Å². The van der Waals surface area contributed by atoms with Gasteiger partial charge >= 0.3 is 0 Å². The van der Waals surface area contributed by atoms with Gasteiger partial charge in [0.15, 0.2) is 5.78 Å². The van der Waals surface area contributed by atoms with E-state index < -0.39 is 11.8 Å². The van der Waals surface area contributed by atoms with Crippen LogP contribution >= 0.6 is 15.9 Å². The van der Waals surface area contributed by atoms with E-state index in [-0.39, 0.29) is 11.5 Å². The molecular formula is C38H29BrN2O4. The van der Waals surface area contributed by atoms with Crippen LogP contribution in [0.25, 0.3) is 12.2 Å². The number of carbonyl (C=O) groups is 3. The van der Waals surface area contributed by atoms with Crippen molar-refractivity contribution < 1.29 is 19.1 Å². The van der Waals surface area contributed by atoms with Crippen molar-refractivity contribution in [3.05, 3.63) is 178 Å². The summed E-state index contributed by atoms with van der Waals surface area (Å²) in [5.74, 6) is -0.425. The lowest BCUT2D eigenvalue weighted by atomic mass is 10.1. The van der Waals surface area contributed by atoms with Crippen molar-refractivity contribution in [3.8, 4) is 5.75 Å². The minimum atomic E-state index is -0.516. The number of carbonyl (C=O) groups excluding carboxylic acids is 3. The number of benzene rings is 5. The van der Waals surface area contributed by atoms with E-state index in [1.807, 2.05) is 84.9 Å². The van der Waals surface area contributed by atoms with Crippen molar-refractivity contribution in [2.24, 2.45) is 0 Å². The molecule has 0 radical (unpaired) electrons. The Morgan fingerprint density at radius 1 is 0.689 bits per heavy atom. The van der Waals surface area contributed by atoms with Crippen molar-refractivity contribution in [2.75, 3.05) is 5.32 Å². The quantitative estimate of drug-likeness (QED) is 0.111. The zero-order valence-electron chi connectivity index (χ0n) is 24.2. The van der Waals surface area contributed by atoms with Crippen LogP contribution in [0, 0.1) is 0 Å². The van der Waals surface area contributed by atoms with Gasteiger partial charge in [-0.1, -0.05) is 94.8 Å². The van der Waals surface area contributed by atoms with E-state index in [1.165, 1.54) is 6.08 Å². The normalized spacial score (nSPS) is 11.2. The number of hydrogen-bond donors (Lipinski definition) is 2. The Hall–Kier alpha value is -5.53. The van der Waals surface area contributed by atoms with Gasteiger partial charge in [-0.3, -0.25) is 14.4 Å². The van der Waals surface area contributed by atoms with Crippen molar-refractivity contribution in [3.63, 3.8) is 0 Å². The van der Waals surface area contributed by atoms with Crippen LogP contribution in [-0.2, 0) is 11.4 Å². The summed E-state index contributed by atoms with van der Waals surface area (Å²) in [5.41, 5.74) is 4.06. The summed E-state index contributed by atoms with van der Waals surface area (Å²) < 4.78 is 6.80. The van der Waals surface area contributed by atoms with Crippen molar-refractivity contribution in [2.45, 2.75) is 6.61 Å². The van der Waals surface area contributed by atoms with Gasteiger partial charge in [0.05, 0.1) is 0 Å². The van der Waals surface area contributed by atoms with E-state index in [2.05, 4.69) is 26.6 Å². The van der Waals surface area contributed by atoms with Crippen molar-refractivity contribution in [1.29, 1.82) is 0 Å². The fourth-order valence-electron chi connectivity index (χ4n) is 4.30. The molecule has 0 aliphatic heterocycles. The summed E-state index contributed by atoms with van der Waals surface area (Å²) in [6.07, 6.45) is 4.85. The van der Waals surface area contributed by atoms with E-state index in [1.54, 1.807) is 60.7 Å². The van der Waals surface area contributed by atoms with Crippen LogP contribution in [0.5, 0.6) is 5.75 Å². The molecule has 2 amide bonds. The third kappa shape index (κ3) is 9.23. The number of amides is 2. The highest BCUT2D eigenvalue weighted by molar-refractivity contribution is 9.10. The number of nitrogens with one attached hydrogen (secondary N) is 2. The minimum absolute atomic E-state index is 0.0546. The van der Waals surface area contributed by atoms with Gasteiger partial charge < -0.3 is 15.4 Å². The summed E-state index contributed by atoms with van der Waals surface area (Å²) >= 11 is 3.43. The average molecular weight is 658 g/mol. The first-order chi connectivity index (χ1) is 21.9. The smallest absolute Gasteiger partial charge is 0.272 e. The maximum atomic E-state index is 13.4. The zero-order chi connectivity index (χ0) is 31.4. The predicted molar refractivity (Wildman–Crippen MR) is 182 cm³/mol. The lowest BCUT2D eigenvalue weighted by Gasteiger charge is -2.12. The van der Waals surface area contributed by atoms with Crippen LogP contribution in [0.2, 0.25) is 0 Å². The topological polar surface area (TPSA) is 84.5 Å². The summed E-state index contributed by atoms with van der Waals surface area (Å²) in [7, 11) is 0. The maximum Gasteiger partial charge on any atom is 0.272 e. The van der Waals surface area contributed by atoms with Crippen molar-refractivity contribution in [1.82, 2.24) is 5.32 Å². The second-order valence-electron chi connectivity index (χ2n) is 10.0. The molecule has 0 saturated carbocycles. The summed E-state index contributed by atoms with van der Waals surface area (Å²) in [6, 6.07) is 40.0. The minimum Gasteiger partial charge on any atom is -0.489 e. The van der Waals surface area contributed by atoms with E-state index in [9.17, 15) is 14.4 Å². The Balaban J connectivity index is 1.29. The van der Waals surface area contributed by atoms with E-state index in [0.717, 1.165) is 15.6 Å². The molecule has 45 heavy (non-hydrogen) atoms. The molecule has 5 aromatic carbocycles. The van der Waals surface area contributed by atoms with Crippen molar-refractivity contribution >= 4 is 51.4 Å². The third-order valence-corrected chi connectivity index (χ3v) is 7.16. The number of ketones is 1. The highest BCUT2D eigenvalue weighted by Gasteiger charge is 2.15. The predicted octanol–water partition coefficient (Wildman–Crippen LogP) is 8.33. The van der Waals surface area contributed by atoms with E-state index in [0.29, 0.717) is 34.7 Å². The lowest BCUT2D eigenvalue weighted by molar-refractivity contribution is -0.113. The van der Waals surface area contributed by atoms with E-state index in [4.69, 9.17) is 4.74 Å². The largest absolute Gasteiger partial charge is 0.489 e. The molecule has 6 nitrogen and oxygen atoms in total. The number of halogens is 1. The zero-order valence-corrected chi connectivity index (χ0v) is 25.7. The Bertz CT molecular complexity index is 1830. The molecule has 0 atom stereocenters. The van der Waals surface area contributed by atoms with Gasteiger partial charge in [0.2, 0.25) is 0 Å². The molecular weight excluding hydrogens is 628 g/mol. The molecule has 0 saturated heterocycles. The number of anilines is 1. The highest BCUT2D eigenvalue weighted by atomic mass is 79.9. The molecule has 0 fully saturated rings. The van der Waals surface area contributed by atoms with Gasteiger partial charge in [-0.2, -0.15) is 0 Å². The highest BCUT2D eigenvalue weighted by Crippen LogP contribution is 2.18. The number of ether oxygens (including phenoxy) is 1. The van der Waals surface area contributed by atoms with Gasteiger partial charge in [-0.15, -0.1) is 0 Å². The second kappa shape index (κ2) is 15.3. The molecule has 222 valence electrons. The van der Waals surface area contributed by atoms with Gasteiger partial charge in [0.25, 0.3) is 11.8 Å². The fourth-order valence-corrected chi connectivity index (χ4v) is 4.72. The molecule has 0 aromatic heterocycles. The number of hydrogen-bond acceptors (Lipinski definition) is 4. The Kier molecular flexibility index (Phi) is 10.5. The summed E-state index contributed by atoms with van der Waals surface area (Å²) in [4.78, 5) is 39.1. The van der Waals surface area contributed by atoms with Gasteiger partial charge in [0.1, 0.15) is 18.1 Å². The second-order valence-corrected chi connectivity index (χ2v) is 10.9. The van der Waals surface area contributed by atoms with Gasteiger partial charge in [-0.05, 0) is 89.5 Å². The molecule has 7 heteroatoms. The van der Waals surface area contributed by atoms with Crippen LogP contribution < -0.4 is 15.4 Å². The standard InChI is InChI=1S/C38H29BrN2O4/c39-32-13-7-10-27(24-32)16-23-36(42)30-17-19-33(20-18-30)40-38(44)35(41-37(43)31-11-5-2-6-12-31)25-28-14-21-34(22-15-28)45-26-29-8-3-1-4-9-29/h1-25H,26H2,(H,40,44)(H,41,43)/b23-16+,35-25-. The molecule has 0 aliphatic carbocycles. The summed E-state index contributed by atoms with van der Waals surface area (Å²) in [6.45, 7) is 0.433. The van der Waals surface area contributed by atoms with Crippen LogP contribution in [0.1, 0.15) is 37.4 Å². The lowest BCUT2D eigenvalue weighted by Crippen LogP contribution is -2.30. The Morgan fingerprint density at radius 2 is 1.38 bits per heavy atom. The molecule has 2 N–H and O–H groups in total. The monoisotopic (exact) mass is 656 g/mol. The molecule has 0 aliphatic rings. The van der Waals surface area contributed by atoms with Crippen LogP contribution in [0.3, 0.4) is 0 Å². The molecule has 0 bridgehead atoms. The summed E-state index contributed by atoms with van der Waals surface area (Å²) in [5, 5.41) is 5.56. The first kappa shape index (κ1) is 30.9. The maximum absolute atomic E-state index is 13.4. The van der Waals surface area contributed by atoms with Gasteiger partial charge in [-0.25, -0.2) is 0 Å². The molecule has 5 aromatic rings. The van der Waals surface area contributed by atoms with Gasteiger partial charge in [0, 0.05) is 21.3 Å². The van der Waals surface area contributed by atoms with E-state index >= 15 is 0 Å². The fraction of sp³-hybridized carbons (Fsp3) is 0.0263.